The molecule has 0 bridgehead atoms. The number of nitrogens with zero attached hydrogens (tertiary/aromatic N) is 1. The number of nitrogens with two attached hydrogens (primary N) is 1. The highest BCUT2D eigenvalue weighted by Crippen LogP contribution is 2.41. The van der Waals surface area contributed by atoms with Crippen LogP contribution in [0.4, 0.5) is 0 Å². The maximum absolute atomic E-state index is 5.94. The van der Waals surface area contributed by atoms with Gasteiger partial charge in [-0.15, -0.1) is 12.4 Å². The van der Waals surface area contributed by atoms with Gasteiger partial charge in [0.05, 0.1) is 0 Å². The molecule has 2 rings (SSSR count). The van der Waals surface area contributed by atoms with Crippen molar-refractivity contribution in [3.05, 3.63) is 30.1 Å². The minimum absolute atomic E-state index is 0. The number of rotatable bonds is 1. The van der Waals surface area contributed by atoms with Crippen molar-refractivity contribution in [1.82, 2.24) is 4.98 Å². The summed E-state index contributed by atoms with van der Waals surface area (Å²) in [5, 5.41) is 0. The first-order valence-corrected chi connectivity index (χ1v) is 3.51. The SMILES string of the molecule is Cl.NC1(c2ccncc2)CC1. The van der Waals surface area contributed by atoms with E-state index in [1.807, 2.05) is 12.1 Å². The Hall–Kier alpha value is -0.600. The van der Waals surface area contributed by atoms with Crippen LogP contribution in [0.15, 0.2) is 24.5 Å². The zero-order chi connectivity index (χ0) is 7.03. The van der Waals surface area contributed by atoms with Gasteiger partial charge in [0, 0.05) is 17.9 Å². The summed E-state index contributed by atoms with van der Waals surface area (Å²) in [4.78, 5) is 3.93. The van der Waals surface area contributed by atoms with Crippen LogP contribution in [0.25, 0.3) is 0 Å². The van der Waals surface area contributed by atoms with Crippen LogP contribution < -0.4 is 5.73 Å². The van der Waals surface area contributed by atoms with E-state index in [0.29, 0.717) is 0 Å². The van der Waals surface area contributed by atoms with Crippen molar-refractivity contribution < 1.29 is 0 Å². The fourth-order valence-electron chi connectivity index (χ4n) is 1.11. The third-order valence-electron chi connectivity index (χ3n) is 2.04. The molecule has 3 heteroatoms. The molecule has 0 unspecified atom stereocenters. The van der Waals surface area contributed by atoms with Crippen LogP contribution in [0.5, 0.6) is 0 Å². The molecule has 11 heavy (non-hydrogen) atoms. The van der Waals surface area contributed by atoms with Crippen molar-refractivity contribution in [1.29, 1.82) is 0 Å². The molecule has 60 valence electrons. The van der Waals surface area contributed by atoms with E-state index in [1.165, 1.54) is 5.56 Å². The average molecular weight is 171 g/mol. The Bertz CT molecular complexity index is 231. The number of halogens is 1. The summed E-state index contributed by atoms with van der Waals surface area (Å²) in [6.07, 6.45) is 5.83. The van der Waals surface area contributed by atoms with Gasteiger partial charge in [0.25, 0.3) is 0 Å². The van der Waals surface area contributed by atoms with Gasteiger partial charge in [-0.25, -0.2) is 0 Å². The molecule has 0 radical (unpaired) electrons. The molecule has 1 saturated carbocycles. The second-order valence-electron chi connectivity index (χ2n) is 2.89. The molecule has 1 aromatic rings. The van der Waals surface area contributed by atoms with Crippen molar-refractivity contribution in [3.8, 4) is 0 Å². The van der Waals surface area contributed by atoms with Gasteiger partial charge in [-0.3, -0.25) is 4.98 Å². The van der Waals surface area contributed by atoms with E-state index in [-0.39, 0.29) is 17.9 Å². The Morgan fingerprint density at radius 1 is 1.27 bits per heavy atom. The predicted octanol–water partition coefficient (Wildman–Crippen LogP) is 1.45. The van der Waals surface area contributed by atoms with Crippen LogP contribution in [0.1, 0.15) is 18.4 Å². The number of pyridine rings is 1. The van der Waals surface area contributed by atoms with E-state index in [9.17, 15) is 0 Å². The second kappa shape index (κ2) is 2.80. The zero-order valence-electron chi connectivity index (χ0n) is 6.16. The summed E-state index contributed by atoms with van der Waals surface area (Å²) in [5.74, 6) is 0. The highest BCUT2D eigenvalue weighted by molar-refractivity contribution is 5.85. The van der Waals surface area contributed by atoms with Gasteiger partial charge in [-0.05, 0) is 30.5 Å². The molecule has 0 aliphatic heterocycles. The van der Waals surface area contributed by atoms with Gasteiger partial charge in [0.1, 0.15) is 0 Å². The molecule has 1 aromatic heterocycles. The highest BCUT2D eigenvalue weighted by Gasteiger charge is 2.39. The maximum Gasteiger partial charge on any atom is 0.0412 e. The fourth-order valence-corrected chi connectivity index (χ4v) is 1.11. The summed E-state index contributed by atoms with van der Waals surface area (Å²) in [7, 11) is 0. The summed E-state index contributed by atoms with van der Waals surface area (Å²) in [6, 6.07) is 3.99. The zero-order valence-corrected chi connectivity index (χ0v) is 6.97. The highest BCUT2D eigenvalue weighted by atomic mass is 35.5. The Balaban J connectivity index is 0.000000605. The summed E-state index contributed by atoms with van der Waals surface area (Å²) in [6.45, 7) is 0. The van der Waals surface area contributed by atoms with Crippen LogP contribution in [-0.4, -0.2) is 4.98 Å². The monoisotopic (exact) mass is 170 g/mol. The first-order valence-electron chi connectivity index (χ1n) is 3.51. The third-order valence-corrected chi connectivity index (χ3v) is 2.04. The molecule has 2 N–H and O–H groups in total. The predicted molar refractivity (Wildman–Crippen MR) is 46.6 cm³/mol. The van der Waals surface area contributed by atoms with Gasteiger partial charge in [-0.2, -0.15) is 0 Å². The summed E-state index contributed by atoms with van der Waals surface area (Å²) < 4.78 is 0. The Kier molecular flexibility index (Phi) is 2.16. The molecule has 0 aromatic carbocycles. The van der Waals surface area contributed by atoms with Crippen molar-refractivity contribution in [2.24, 2.45) is 5.73 Å². The number of hydrogen-bond donors (Lipinski definition) is 1. The van der Waals surface area contributed by atoms with Crippen molar-refractivity contribution >= 4 is 12.4 Å². The molecule has 0 amide bonds. The second-order valence-corrected chi connectivity index (χ2v) is 2.89. The van der Waals surface area contributed by atoms with Gasteiger partial charge < -0.3 is 5.73 Å². The molecule has 0 atom stereocenters. The Labute approximate surface area is 72.2 Å². The third kappa shape index (κ3) is 1.52. The lowest BCUT2D eigenvalue weighted by molar-refractivity contribution is 0.738. The average Bonchev–Trinajstić information content (AvgIpc) is 2.72. The molecular formula is C8H11ClN2. The van der Waals surface area contributed by atoms with Gasteiger partial charge in [0.2, 0.25) is 0 Å². The van der Waals surface area contributed by atoms with Gasteiger partial charge >= 0.3 is 0 Å². The standard InChI is InChI=1S/C8H10N2.ClH/c9-8(3-4-8)7-1-5-10-6-2-7;/h1-2,5-6H,3-4,9H2;1H. The van der Waals surface area contributed by atoms with E-state index >= 15 is 0 Å². The van der Waals surface area contributed by atoms with Crippen molar-refractivity contribution in [2.45, 2.75) is 18.4 Å². The lowest BCUT2D eigenvalue weighted by Crippen LogP contribution is -2.18. The van der Waals surface area contributed by atoms with E-state index in [0.717, 1.165) is 12.8 Å². The van der Waals surface area contributed by atoms with Crippen LogP contribution in [0.3, 0.4) is 0 Å². The molecule has 0 saturated heterocycles. The number of aromatic nitrogens is 1. The molecule has 0 spiro atoms. The topological polar surface area (TPSA) is 38.9 Å². The Morgan fingerprint density at radius 3 is 2.27 bits per heavy atom. The molecular weight excluding hydrogens is 160 g/mol. The lowest BCUT2D eigenvalue weighted by Gasteiger charge is -2.06. The summed E-state index contributed by atoms with van der Waals surface area (Å²) >= 11 is 0. The normalized spacial score (nSPS) is 18.6. The minimum atomic E-state index is 0. The van der Waals surface area contributed by atoms with E-state index < -0.39 is 0 Å². The Morgan fingerprint density at radius 2 is 1.82 bits per heavy atom. The molecule has 1 heterocycles. The minimum Gasteiger partial charge on any atom is -0.321 e. The number of hydrogen-bond acceptors (Lipinski definition) is 2. The largest absolute Gasteiger partial charge is 0.321 e. The van der Waals surface area contributed by atoms with Crippen LogP contribution in [0.2, 0.25) is 0 Å². The molecule has 1 aliphatic rings. The first kappa shape index (κ1) is 8.50. The van der Waals surface area contributed by atoms with Crippen LogP contribution in [0, 0.1) is 0 Å². The molecule has 1 aliphatic carbocycles. The quantitative estimate of drug-likeness (QED) is 0.693. The van der Waals surface area contributed by atoms with E-state index in [1.54, 1.807) is 12.4 Å². The van der Waals surface area contributed by atoms with Crippen molar-refractivity contribution in [3.63, 3.8) is 0 Å². The lowest BCUT2D eigenvalue weighted by atomic mass is 10.1. The van der Waals surface area contributed by atoms with Crippen molar-refractivity contribution in [2.75, 3.05) is 0 Å². The molecule has 1 fully saturated rings. The van der Waals surface area contributed by atoms with Gasteiger partial charge in [0.15, 0.2) is 0 Å². The fraction of sp³-hybridized carbons (Fsp3) is 0.375. The first-order chi connectivity index (χ1) is 4.81. The van der Waals surface area contributed by atoms with Gasteiger partial charge in [-0.1, -0.05) is 0 Å². The maximum atomic E-state index is 5.94. The molecule has 2 nitrogen and oxygen atoms in total. The van der Waals surface area contributed by atoms with Crippen LogP contribution >= 0.6 is 12.4 Å². The smallest absolute Gasteiger partial charge is 0.0412 e. The van der Waals surface area contributed by atoms with E-state index in [4.69, 9.17) is 5.73 Å². The van der Waals surface area contributed by atoms with Crippen LogP contribution in [-0.2, 0) is 5.54 Å². The summed E-state index contributed by atoms with van der Waals surface area (Å²) in [5.41, 5.74) is 7.17. The van der Waals surface area contributed by atoms with E-state index in [2.05, 4.69) is 4.98 Å².